The first kappa shape index (κ1) is 35.8. The van der Waals surface area contributed by atoms with Gasteiger partial charge >= 0.3 is 0 Å². The van der Waals surface area contributed by atoms with Crippen molar-refractivity contribution >= 4 is 44.9 Å². The Kier molecular flexibility index (Phi) is 9.06. The van der Waals surface area contributed by atoms with Crippen molar-refractivity contribution in [2.24, 2.45) is 0 Å². The zero-order valence-corrected chi connectivity index (χ0v) is 33.0. The molecule has 9 aromatic carbocycles. The van der Waals surface area contributed by atoms with Crippen LogP contribution in [0.1, 0.15) is 0 Å². The van der Waals surface area contributed by atoms with Crippen LogP contribution >= 0.6 is 0 Å². The van der Waals surface area contributed by atoms with E-state index in [4.69, 9.17) is 19.7 Å². The number of ether oxygens (including phenoxy) is 1. The van der Waals surface area contributed by atoms with Gasteiger partial charge in [0.25, 0.3) is 0 Å². The molecular formula is C55H37N5O. The molecule has 0 fully saturated rings. The van der Waals surface area contributed by atoms with Gasteiger partial charge in [-0.3, -0.25) is 0 Å². The van der Waals surface area contributed by atoms with E-state index in [1.807, 2.05) is 42.5 Å². The summed E-state index contributed by atoms with van der Waals surface area (Å²) in [5.41, 5.74) is 11.2. The van der Waals surface area contributed by atoms with Gasteiger partial charge in [-0.25, -0.2) is 15.0 Å². The van der Waals surface area contributed by atoms with E-state index in [0.29, 0.717) is 17.5 Å². The van der Waals surface area contributed by atoms with E-state index < -0.39 is 0 Å². The number of aromatic nitrogens is 3. The number of para-hydroxylation sites is 5. The van der Waals surface area contributed by atoms with Crippen LogP contribution in [0.25, 0.3) is 56.1 Å². The third-order valence-electron chi connectivity index (χ3n) is 11.1. The third-order valence-corrected chi connectivity index (χ3v) is 11.1. The largest absolute Gasteiger partial charge is 0.456 e. The molecule has 11 rings (SSSR count). The maximum atomic E-state index is 6.45. The van der Waals surface area contributed by atoms with Crippen LogP contribution < -0.4 is 14.5 Å². The molecule has 6 nitrogen and oxygen atoms in total. The molecule has 0 bridgehead atoms. The molecule has 0 atom stereocenters. The van der Waals surface area contributed by atoms with Gasteiger partial charge in [0.2, 0.25) is 0 Å². The number of rotatable bonds is 9. The third kappa shape index (κ3) is 6.72. The molecule has 288 valence electrons. The topological polar surface area (TPSA) is 54.4 Å². The Morgan fingerprint density at radius 2 is 0.689 bits per heavy atom. The van der Waals surface area contributed by atoms with E-state index >= 15 is 0 Å². The normalized spacial score (nSPS) is 11.4. The van der Waals surface area contributed by atoms with Gasteiger partial charge < -0.3 is 14.5 Å². The van der Waals surface area contributed by atoms with Crippen molar-refractivity contribution in [2.45, 2.75) is 0 Å². The quantitative estimate of drug-likeness (QED) is 0.145. The lowest BCUT2D eigenvalue weighted by atomic mass is 9.92. The smallest absolute Gasteiger partial charge is 0.164 e. The van der Waals surface area contributed by atoms with Crippen LogP contribution in [0.2, 0.25) is 0 Å². The van der Waals surface area contributed by atoms with Gasteiger partial charge in [-0.2, -0.15) is 0 Å². The molecule has 1 aromatic heterocycles. The Labute approximate surface area is 354 Å². The average Bonchev–Trinajstić information content (AvgIpc) is 3.34. The number of anilines is 6. The van der Waals surface area contributed by atoms with E-state index in [1.54, 1.807) is 0 Å². The lowest BCUT2D eigenvalue weighted by molar-refractivity contribution is 0.487. The van der Waals surface area contributed by atoms with Gasteiger partial charge in [-0.05, 0) is 126 Å². The summed E-state index contributed by atoms with van der Waals surface area (Å²) < 4.78 is 6.45. The summed E-state index contributed by atoms with van der Waals surface area (Å²) >= 11 is 0. The Morgan fingerprint density at radius 3 is 1.18 bits per heavy atom. The second-order valence-electron chi connectivity index (χ2n) is 14.9. The number of hydrogen-bond donors (Lipinski definition) is 0. The minimum Gasteiger partial charge on any atom is -0.456 e. The second kappa shape index (κ2) is 15.4. The zero-order chi connectivity index (χ0) is 40.5. The molecule has 2 heterocycles. The standard InChI is InChI=1S/C55H37N5O/c1-5-16-40(17-6-1)59(41-18-7-2-8-19-41)44-32-28-38(29-33-44)53-56-54(39-30-34-45(35-31-39)60(42-20-9-3-10-21-42)43-22-11-4-12-23-43)58-55(57-53)49-36-37-51-52-47(25-15-26-48(49)52)46-24-13-14-27-50(46)61-51/h1-37H. The molecule has 0 saturated heterocycles. The molecule has 1 aliphatic rings. The van der Waals surface area contributed by atoms with Crippen molar-refractivity contribution in [2.75, 3.05) is 9.80 Å². The fourth-order valence-electron chi connectivity index (χ4n) is 8.25. The molecular weight excluding hydrogens is 747 g/mol. The van der Waals surface area contributed by atoms with E-state index in [9.17, 15) is 0 Å². The summed E-state index contributed by atoms with van der Waals surface area (Å²) in [7, 11) is 0. The monoisotopic (exact) mass is 783 g/mol. The summed E-state index contributed by atoms with van der Waals surface area (Å²) in [5, 5.41) is 2.06. The number of fused-ring (bicyclic) bond motifs is 2. The van der Waals surface area contributed by atoms with Crippen LogP contribution in [0.15, 0.2) is 224 Å². The summed E-state index contributed by atoms with van der Waals surface area (Å²) in [6.45, 7) is 0. The number of nitrogens with zero attached hydrogens (tertiary/aromatic N) is 5. The van der Waals surface area contributed by atoms with Gasteiger partial charge in [-0.15, -0.1) is 0 Å². The first-order valence-corrected chi connectivity index (χ1v) is 20.4. The lowest BCUT2D eigenvalue weighted by Crippen LogP contribution is -2.09. The lowest BCUT2D eigenvalue weighted by Gasteiger charge is -2.25. The molecule has 61 heavy (non-hydrogen) atoms. The van der Waals surface area contributed by atoms with Crippen molar-refractivity contribution in [1.82, 2.24) is 15.0 Å². The molecule has 6 heteroatoms. The highest BCUT2D eigenvalue weighted by Gasteiger charge is 2.23. The fourth-order valence-corrected chi connectivity index (χ4v) is 8.25. The van der Waals surface area contributed by atoms with Gasteiger partial charge in [0.1, 0.15) is 11.5 Å². The van der Waals surface area contributed by atoms with Crippen LogP contribution in [0.5, 0.6) is 11.5 Å². The van der Waals surface area contributed by atoms with Gasteiger partial charge in [0, 0.05) is 61.8 Å². The predicted molar refractivity (Wildman–Crippen MR) is 249 cm³/mol. The van der Waals surface area contributed by atoms with Crippen LogP contribution in [0.3, 0.4) is 0 Å². The highest BCUT2D eigenvalue weighted by molar-refractivity contribution is 6.09. The van der Waals surface area contributed by atoms with Crippen LogP contribution in [0.4, 0.5) is 34.1 Å². The minimum absolute atomic E-state index is 0.582. The van der Waals surface area contributed by atoms with E-state index in [-0.39, 0.29) is 0 Å². The Bertz CT molecular complexity index is 2920. The molecule has 0 aliphatic carbocycles. The molecule has 0 spiro atoms. The van der Waals surface area contributed by atoms with Crippen molar-refractivity contribution in [3.63, 3.8) is 0 Å². The van der Waals surface area contributed by atoms with Crippen LogP contribution in [-0.4, -0.2) is 15.0 Å². The molecule has 0 unspecified atom stereocenters. The summed E-state index contributed by atoms with van der Waals surface area (Å²) in [5.74, 6) is 3.42. The summed E-state index contributed by atoms with van der Waals surface area (Å²) in [4.78, 5) is 20.1. The van der Waals surface area contributed by atoms with Gasteiger partial charge in [-0.1, -0.05) is 109 Å². The number of benzene rings is 9. The van der Waals surface area contributed by atoms with Crippen LogP contribution in [-0.2, 0) is 0 Å². The average molecular weight is 784 g/mol. The highest BCUT2D eigenvalue weighted by Crippen LogP contribution is 2.48. The van der Waals surface area contributed by atoms with Crippen molar-refractivity contribution < 1.29 is 4.74 Å². The molecule has 0 radical (unpaired) electrons. The highest BCUT2D eigenvalue weighted by atomic mass is 16.5. The second-order valence-corrected chi connectivity index (χ2v) is 14.9. The SMILES string of the molecule is c1ccc(N(c2ccccc2)c2ccc(-c3nc(-c4ccc(N(c5ccccc5)c5ccccc5)cc4)nc(-c4ccc5c6c(cccc46)-c4ccccc4O5)n3)cc2)cc1. The minimum atomic E-state index is 0.582. The van der Waals surface area contributed by atoms with Crippen LogP contribution in [0, 0.1) is 0 Å². The van der Waals surface area contributed by atoms with Crippen molar-refractivity contribution in [1.29, 1.82) is 0 Å². The van der Waals surface area contributed by atoms with Crippen molar-refractivity contribution in [3.05, 3.63) is 224 Å². The molecule has 1 aliphatic heterocycles. The summed E-state index contributed by atoms with van der Waals surface area (Å²) in [6.07, 6.45) is 0. The molecule has 10 aromatic rings. The van der Waals surface area contributed by atoms with Gasteiger partial charge in [0.15, 0.2) is 17.5 Å². The first-order chi connectivity index (χ1) is 30.2. The maximum Gasteiger partial charge on any atom is 0.164 e. The Morgan fingerprint density at radius 1 is 0.279 bits per heavy atom. The fraction of sp³-hybridized carbons (Fsp3) is 0. The Hall–Kier alpha value is -8.35. The molecule has 0 N–H and O–H groups in total. The predicted octanol–water partition coefficient (Wildman–Crippen LogP) is 14.7. The van der Waals surface area contributed by atoms with E-state index in [1.165, 1.54) is 0 Å². The van der Waals surface area contributed by atoms with Gasteiger partial charge in [0.05, 0.1) is 0 Å². The zero-order valence-electron chi connectivity index (χ0n) is 33.0. The van der Waals surface area contributed by atoms with E-state index in [2.05, 4.69) is 192 Å². The summed E-state index contributed by atoms with van der Waals surface area (Å²) in [6, 6.07) is 77.3. The first-order valence-electron chi connectivity index (χ1n) is 20.4. The van der Waals surface area contributed by atoms with Crippen molar-refractivity contribution in [3.8, 4) is 56.8 Å². The molecule has 0 saturated carbocycles. The van der Waals surface area contributed by atoms with E-state index in [0.717, 1.165) is 84.2 Å². The number of hydrogen-bond acceptors (Lipinski definition) is 6. The maximum absolute atomic E-state index is 6.45. The molecule has 0 amide bonds. The Balaban J connectivity index is 1.04.